The second-order valence-corrected chi connectivity index (χ2v) is 5.94. The molecule has 0 unspecified atom stereocenters. The van der Waals surface area contributed by atoms with Crippen LogP contribution in [0.25, 0.3) is 0 Å². The lowest BCUT2D eigenvalue weighted by molar-refractivity contribution is -0.274. The number of fused-ring (bicyclic) bond motifs is 1. The Morgan fingerprint density at radius 1 is 1.38 bits per heavy atom. The Labute approximate surface area is 162 Å². The number of nitrogens with two attached hydrogens (primary N) is 1. The molecule has 2 heterocycles. The van der Waals surface area contributed by atoms with Gasteiger partial charge < -0.3 is 19.9 Å². The van der Waals surface area contributed by atoms with E-state index in [2.05, 4.69) is 14.9 Å². The highest BCUT2D eigenvalue weighted by Crippen LogP contribution is 2.43. The normalized spacial score (nSPS) is 15.9. The van der Waals surface area contributed by atoms with Gasteiger partial charge in [0.25, 0.3) is 0 Å². The zero-order valence-electron chi connectivity index (χ0n) is 15.0. The number of nitrogens with zero attached hydrogens (tertiary/aromatic N) is 2. The highest BCUT2D eigenvalue weighted by molar-refractivity contribution is 5.73. The van der Waals surface area contributed by atoms with Crippen molar-refractivity contribution in [3.8, 4) is 17.7 Å². The molecule has 0 bridgehead atoms. The zero-order chi connectivity index (χ0) is 21.2. The van der Waals surface area contributed by atoms with E-state index in [0.29, 0.717) is 16.8 Å². The first-order valence-corrected chi connectivity index (χ1v) is 8.39. The van der Waals surface area contributed by atoms with Crippen LogP contribution in [0.3, 0.4) is 0 Å². The number of hydrogen-bond donors (Lipinski definition) is 2. The number of nitriles is 1. The van der Waals surface area contributed by atoms with Gasteiger partial charge in [0.05, 0.1) is 30.2 Å². The smallest absolute Gasteiger partial charge is 0.466 e. The minimum atomic E-state index is -4.83. The number of benzene rings is 1. The summed E-state index contributed by atoms with van der Waals surface area (Å²) in [4.78, 5) is 11.9. The molecule has 152 valence electrons. The van der Waals surface area contributed by atoms with Crippen LogP contribution in [0.4, 0.5) is 13.2 Å². The summed E-state index contributed by atoms with van der Waals surface area (Å²) < 4.78 is 51.4. The summed E-state index contributed by atoms with van der Waals surface area (Å²) in [6.45, 7) is 1.85. The Morgan fingerprint density at radius 2 is 2.07 bits per heavy atom. The molecule has 1 aromatic heterocycles. The number of ether oxygens (including phenoxy) is 3. The van der Waals surface area contributed by atoms with Crippen molar-refractivity contribution in [1.29, 1.82) is 5.26 Å². The molecule has 0 saturated carbocycles. The molecule has 0 fully saturated rings. The van der Waals surface area contributed by atoms with Gasteiger partial charge in [0.1, 0.15) is 17.4 Å². The van der Waals surface area contributed by atoms with Crippen molar-refractivity contribution in [1.82, 2.24) is 10.2 Å². The Bertz CT molecular complexity index is 990. The molecule has 1 aromatic carbocycles. The highest BCUT2D eigenvalue weighted by Gasteiger charge is 2.36. The number of rotatable bonds is 5. The van der Waals surface area contributed by atoms with Crippen LogP contribution in [0, 0.1) is 11.3 Å². The van der Waals surface area contributed by atoms with Gasteiger partial charge in [-0.25, -0.2) is 0 Å². The van der Waals surface area contributed by atoms with Crippen molar-refractivity contribution in [2.45, 2.75) is 25.6 Å². The van der Waals surface area contributed by atoms with Crippen molar-refractivity contribution >= 4 is 5.97 Å². The van der Waals surface area contributed by atoms with Crippen LogP contribution in [-0.2, 0) is 16.0 Å². The van der Waals surface area contributed by atoms with E-state index in [9.17, 15) is 23.2 Å². The van der Waals surface area contributed by atoms with Crippen molar-refractivity contribution in [3.63, 3.8) is 0 Å². The quantitative estimate of drug-likeness (QED) is 0.729. The molecule has 3 N–H and O–H groups in total. The fourth-order valence-electron chi connectivity index (χ4n) is 3.00. The maximum atomic E-state index is 12.4. The molecule has 0 saturated heterocycles. The number of alkyl halides is 3. The van der Waals surface area contributed by atoms with Crippen molar-refractivity contribution in [2.75, 3.05) is 6.61 Å². The van der Waals surface area contributed by atoms with Gasteiger partial charge in [-0.2, -0.15) is 5.26 Å². The third-order valence-electron chi connectivity index (χ3n) is 4.09. The minimum absolute atomic E-state index is 0.0356. The van der Waals surface area contributed by atoms with Gasteiger partial charge in [-0.15, -0.1) is 18.3 Å². The van der Waals surface area contributed by atoms with Gasteiger partial charge in [-0.05, 0) is 24.6 Å². The summed E-state index contributed by atoms with van der Waals surface area (Å²) in [7, 11) is 0. The third kappa shape index (κ3) is 4.26. The molecule has 0 radical (unpaired) electrons. The van der Waals surface area contributed by atoms with Crippen LogP contribution in [-0.4, -0.2) is 29.1 Å². The summed E-state index contributed by atoms with van der Waals surface area (Å²) in [6, 6.07) is 6.93. The lowest BCUT2D eigenvalue weighted by Gasteiger charge is -2.24. The van der Waals surface area contributed by atoms with Crippen LogP contribution < -0.4 is 15.2 Å². The minimum Gasteiger partial charge on any atom is -0.466 e. The largest absolute Gasteiger partial charge is 0.573 e. The molecule has 8 nitrogen and oxygen atoms in total. The van der Waals surface area contributed by atoms with Crippen molar-refractivity contribution in [2.24, 2.45) is 5.73 Å². The number of esters is 1. The second kappa shape index (κ2) is 7.75. The van der Waals surface area contributed by atoms with Gasteiger partial charge in [0.2, 0.25) is 11.8 Å². The summed E-state index contributed by atoms with van der Waals surface area (Å²) in [6.07, 6.45) is -4.99. The molecular formula is C18H15F3N4O4. The van der Waals surface area contributed by atoms with Gasteiger partial charge in [-0.1, -0.05) is 12.1 Å². The molecule has 1 atom stereocenters. The van der Waals surface area contributed by atoms with Crippen LogP contribution in [0.5, 0.6) is 11.6 Å². The number of H-pyrrole nitrogens is 1. The van der Waals surface area contributed by atoms with E-state index in [-0.39, 0.29) is 30.4 Å². The fourth-order valence-corrected chi connectivity index (χ4v) is 3.00. The zero-order valence-corrected chi connectivity index (χ0v) is 15.0. The van der Waals surface area contributed by atoms with E-state index in [0.717, 1.165) is 12.1 Å². The Morgan fingerprint density at radius 3 is 2.66 bits per heavy atom. The van der Waals surface area contributed by atoms with Crippen LogP contribution in [0.1, 0.15) is 29.7 Å². The predicted molar refractivity (Wildman–Crippen MR) is 91.3 cm³/mol. The van der Waals surface area contributed by atoms with E-state index in [1.54, 1.807) is 6.92 Å². The topological polar surface area (TPSA) is 123 Å². The SMILES string of the molecule is CCOC(=O)Cc1[nH]nc2c1[C@H](c1ccc(OC(F)(F)F)cc1)C(C#N)=C(N)O2. The first-order valence-electron chi connectivity index (χ1n) is 8.39. The molecular weight excluding hydrogens is 393 g/mol. The molecule has 0 spiro atoms. The summed E-state index contributed by atoms with van der Waals surface area (Å²) in [5.74, 6) is -1.85. The molecule has 3 rings (SSSR count). The monoisotopic (exact) mass is 408 g/mol. The first kappa shape index (κ1) is 20.1. The Kier molecular flexibility index (Phi) is 5.36. The lowest BCUT2D eigenvalue weighted by Crippen LogP contribution is -2.22. The summed E-state index contributed by atoms with van der Waals surface area (Å²) in [5, 5.41) is 16.2. The van der Waals surface area contributed by atoms with Gasteiger partial charge in [0, 0.05) is 0 Å². The molecule has 0 amide bonds. The maximum absolute atomic E-state index is 12.4. The van der Waals surface area contributed by atoms with Gasteiger partial charge in [-0.3, -0.25) is 9.89 Å². The van der Waals surface area contributed by atoms with E-state index in [1.807, 2.05) is 6.07 Å². The maximum Gasteiger partial charge on any atom is 0.573 e. The average Bonchev–Trinajstić information content (AvgIpc) is 3.02. The van der Waals surface area contributed by atoms with E-state index < -0.39 is 24.0 Å². The molecule has 0 aliphatic carbocycles. The average molecular weight is 408 g/mol. The van der Waals surface area contributed by atoms with E-state index in [1.165, 1.54) is 12.1 Å². The molecule has 2 aromatic rings. The van der Waals surface area contributed by atoms with E-state index in [4.69, 9.17) is 15.2 Å². The van der Waals surface area contributed by atoms with Gasteiger partial charge >= 0.3 is 12.3 Å². The number of carbonyl (C=O) groups excluding carboxylic acids is 1. The number of carbonyl (C=O) groups is 1. The number of allylic oxidation sites excluding steroid dienone is 1. The molecule has 1 aliphatic heterocycles. The molecule has 29 heavy (non-hydrogen) atoms. The van der Waals surface area contributed by atoms with Crippen LogP contribution in [0.15, 0.2) is 35.7 Å². The first-order chi connectivity index (χ1) is 13.7. The number of nitrogens with one attached hydrogen (secondary N) is 1. The van der Waals surface area contributed by atoms with Crippen LogP contribution in [0.2, 0.25) is 0 Å². The number of aromatic nitrogens is 2. The highest BCUT2D eigenvalue weighted by atomic mass is 19.4. The second-order valence-electron chi connectivity index (χ2n) is 5.94. The van der Waals surface area contributed by atoms with Crippen molar-refractivity contribution < 1.29 is 32.2 Å². The Hall–Kier alpha value is -3.68. The predicted octanol–water partition coefficient (Wildman–Crippen LogP) is 2.63. The number of aromatic amines is 1. The summed E-state index contributed by atoms with van der Waals surface area (Å²) in [5.41, 5.74) is 7.02. The standard InChI is InChI=1S/C18H15F3N4O4/c1-2-27-13(26)7-12-15-14(11(8-22)16(23)28-17(15)25-24-12)9-3-5-10(6-4-9)29-18(19,20)21/h3-6,14H,2,7,23H2,1H3,(H,24,25)/t14-/m1/s1. The number of hydrogen-bond acceptors (Lipinski definition) is 7. The van der Waals surface area contributed by atoms with Crippen molar-refractivity contribution in [3.05, 3.63) is 52.5 Å². The molecule has 1 aliphatic rings. The third-order valence-corrected chi connectivity index (χ3v) is 4.09. The van der Waals surface area contributed by atoms with E-state index >= 15 is 0 Å². The fraction of sp³-hybridized carbons (Fsp3) is 0.278. The summed E-state index contributed by atoms with van der Waals surface area (Å²) >= 11 is 0. The molecule has 11 heteroatoms. The van der Waals surface area contributed by atoms with Gasteiger partial charge in [0.15, 0.2) is 0 Å². The number of halogens is 3. The lowest BCUT2D eigenvalue weighted by atomic mass is 9.83. The Balaban J connectivity index is 2.02. The van der Waals surface area contributed by atoms with Crippen LogP contribution >= 0.6 is 0 Å².